The maximum atomic E-state index is 12.4. The van der Waals surface area contributed by atoms with Crippen molar-refractivity contribution in [2.45, 2.75) is 12.8 Å². The van der Waals surface area contributed by atoms with E-state index in [1.54, 1.807) is 0 Å². The smallest absolute Gasteiger partial charge is 0.182 e. The van der Waals surface area contributed by atoms with E-state index in [9.17, 15) is 4.79 Å². The van der Waals surface area contributed by atoms with Crippen molar-refractivity contribution in [1.82, 2.24) is 4.90 Å². The summed E-state index contributed by atoms with van der Waals surface area (Å²) < 4.78 is 0. The van der Waals surface area contributed by atoms with Gasteiger partial charge in [-0.2, -0.15) is 0 Å². The number of carbonyl (C=O) groups excluding carboxylic acids is 1. The molecule has 0 spiro atoms. The molecule has 0 unspecified atom stereocenters. The van der Waals surface area contributed by atoms with E-state index in [0.717, 1.165) is 37.2 Å². The molecular formula is C18H17NO. The SMILES string of the molecule is O=C1C(=Cc2cccc3ccccc23)N2CCC1CC2. The highest BCUT2D eigenvalue weighted by atomic mass is 16.1. The van der Waals surface area contributed by atoms with E-state index in [1.807, 2.05) is 0 Å². The molecule has 2 aromatic carbocycles. The summed E-state index contributed by atoms with van der Waals surface area (Å²) in [6.45, 7) is 2.07. The van der Waals surface area contributed by atoms with Crippen molar-refractivity contribution in [2.24, 2.45) is 5.92 Å². The van der Waals surface area contributed by atoms with Crippen LogP contribution in [-0.4, -0.2) is 23.8 Å². The Morgan fingerprint density at radius 1 is 1.00 bits per heavy atom. The van der Waals surface area contributed by atoms with Crippen LogP contribution >= 0.6 is 0 Å². The Bertz CT molecular complexity index is 703. The molecule has 0 aliphatic carbocycles. The Morgan fingerprint density at radius 2 is 1.75 bits per heavy atom. The molecule has 0 atom stereocenters. The van der Waals surface area contributed by atoms with Crippen LogP contribution in [0.25, 0.3) is 16.8 Å². The summed E-state index contributed by atoms with van der Waals surface area (Å²) in [6, 6.07) is 14.6. The third-order valence-electron chi connectivity index (χ3n) is 4.57. The predicted molar refractivity (Wildman–Crippen MR) is 81.2 cm³/mol. The van der Waals surface area contributed by atoms with Crippen molar-refractivity contribution in [2.75, 3.05) is 13.1 Å². The number of piperidine rings is 3. The van der Waals surface area contributed by atoms with E-state index in [0.29, 0.717) is 5.78 Å². The van der Waals surface area contributed by atoms with Gasteiger partial charge in [0.1, 0.15) is 0 Å². The summed E-state index contributed by atoms with van der Waals surface area (Å²) >= 11 is 0. The van der Waals surface area contributed by atoms with Crippen molar-refractivity contribution in [1.29, 1.82) is 0 Å². The molecule has 2 bridgehead atoms. The van der Waals surface area contributed by atoms with Crippen molar-refractivity contribution < 1.29 is 4.79 Å². The standard InChI is InChI=1S/C18H17NO/c20-18-14-8-10-19(11-9-14)17(18)12-15-6-3-5-13-4-1-2-7-16(13)15/h1-7,12,14H,8-11H2. The lowest BCUT2D eigenvalue weighted by Gasteiger charge is -2.41. The first kappa shape index (κ1) is 11.7. The molecule has 0 amide bonds. The van der Waals surface area contributed by atoms with Gasteiger partial charge in [0.25, 0.3) is 0 Å². The van der Waals surface area contributed by atoms with Crippen LogP contribution in [0.4, 0.5) is 0 Å². The second kappa shape index (κ2) is 4.48. The number of hydrogen-bond donors (Lipinski definition) is 0. The van der Waals surface area contributed by atoms with E-state index in [-0.39, 0.29) is 5.92 Å². The maximum absolute atomic E-state index is 12.4. The number of hydrogen-bond acceptors (Lipinski definition) is 2. The van der Waals surface area contributed by atoms with Crippen LogP contribution in [0.5, 0.6) is 0 Å². The number of rotatable bonds is 1. The van der Waals surface area contributed by atoms with Crippen LogP contribution in [0, 0.1) is 5.92 Å². The molecule has 2 aromatic rings. The summed E-state index contributed by atoms with van der Waals surface area (Å²) in [5.74, 6) is 0.608. The fourth-order valence-electron chi connectivity index (χ4n) is 3.43. The van der Waals surface area contributed by atoms with E-state index < -0.39 is 0 Å². The second-order valence-electron chi connectivity index (χ2n) is 5.72. The highest BCUT2D eigenvalue weighted by Crippen LogP contribution is 2.33. The van der Waals surface area contributed by atoms with Gasteiger partial charge >= 0.3 is 0 Å². The van der Waals surface area contributed by atoms with Gasteiger partial charge in [-0.1, -0.05) is 42.5 Å². The van der Waals surface area contributed by atoms with Gasteiger partial charge in [-0.25, -0.2) is 0 Å². The molecule has 2 nitrogen and oxygen atoms in total. The molecule has 0 radical (unpaired) electrons. The lowest BCUT2D eigenvalue weighted by Crippen LogP contribution is -2.45. The zero-order chi connectivity index (χ0) is 13.5. The summed E-state index contributed by atoms with van der Waals surface area (Å²) in [4.78, 5) is 14.7. The van der Waals surface area contributed by atoms with Crippen LogP contribution in [0.1, 0.15) is 18.4 Å². The molecule has 5 rings (SSSR count). The number of ketones is 1. The number of fused-ring (bicyclic) bond motifs is 4. The summed E-state index contributed by atoms with van der Waals surface area (Å²) in [7, 11) is 0. The zero-order valence-corrected chi connectivity index (χ0v) is 11.4. The Labute approximate surface area is 118 Å². The fraction of sp³-hybridized carbons (Fsp3) is 0.278. The minimum Gasteiger partial charge on any atom is -0.369 e. The van der Waals surface area contributed by atoms with Gasteiger partial charge in [0, 0.05) is 19.0 Å². The normalized spacial score (nSPS) is 21.1. The first-order chi connectivity index (χ1) is 9.83. The lowest BCUT2D eigenvalue weighted by atomic mass is 9.84. The number of benzene rings is 2. The Balaban J connectivity index is 1.84. The molecule has 3 saturated heterocycles. The number of carbonyl (C=O) groups is 1. The van der Waals surface area contributed by atoms with Gasteiger partial charge in [-0.05, 0) is 35.3 Å². The van der Waals surface area contributed by atoms with Gasteiger partial charge in [0.05, 0.1) is 5.70 Å². The summed E-state index contributed by atoms with van der Waals surface area (Å²) in [6.07, 6.45) is 4.16. The van der Waals surface area contributed by atoms with Gasteiger partial charge in [-0.3, -0.25) is 4.79 Å². The minimum absolute atomic E-state index is 0.265. The summed E-state index contributed by atoms with van der Waals surface area (Å²) in [5.41, 5.74) is 2.07. The van der Waals surface area contributed by atoms with Crippen LogP contribution in [0.2, 0.25) is 0 Å². The van der Waals surface area contributed by atoms with Crippen molar-refractivity contribution in [3.05, 3.63) is 53.7 Å². The number of allylic oxidation sites excluding steroid dienone is 1. The number of Topliss-reactive ketones (excluding diaryl/α,β-unsaturated/α-hetero) is 1. The maximum Gasteiger partial charge on any atom is 0.182 e. The Hall–Kier alpha value is -2.09. The van der Waals surface area contributed by atoms with Gasteiger partial charge in [-0.15, -0.1) is 0 Å². The third-order valence-corrected chi connectivity index (χ3v) is 4.57. The molecule has 100 valence electrons. The van der Waals surface area contributed by atoms with E-state index >= 15 is 0 Å². The predicted octanol–water partition coefficient (Wildman–Crippen LogP) is 3.48. The largest absolute Gasteiger partial charge is 0.369 e. The average molecular weight is 263 g/mol. The average Bonchev–Trinajstić information content (AvgIpc) is 2.51. The molecule has 3 heterocycles. The molecule has 0 saturated carbocycles. The molecule has 0 N–H and O–H groups in total. The van der Waals surface area contributed by atoms with Crippen LogP contribution in [-0.2, 0) is 4.79 Å². The quantitative estimate of drug-likeness (QED) is 0.734. The Kier molecular flexibility index (Phi) is 2.62. The van der Waals surface area contributed by atoms with Gasteiger partial charge < -0.3 is 4.90 Å². The molecule has 2 heteroatoms. The highest BCUT2D eigenvalue weighted by Gasteiger charge is 2.36. The first-order valence-electron chi connectivity index (χ1n) is 7.31. The number of nitrogens with zero attached hydrogens (tertiary/aromatic N) is 1. The molecular weight excluding hydrogens is 246 g/mol. The minimum atomic E-state index is 0.265. The lowest BCUT2D eigenvalue weighted by molar-refractivity contribution is -0.125. The van der Waals surface area contributed by atoms with E-state index in [4.69, 9.17) is 0 Å². The molecule has 3 aliphatic rings. The molecule has 20 heavy (non-hydrogen) atoms. The zero-order valence-electron chi connectivity index (χ0n) is 11.4. The third kappa shape index (κ3) is 1.75. The topological polar surface area (TPSA) is 20.3 Å². The summed E-state index contributed by atoms with van der Waals surface area (Å²) in [5, 5.41) is 2.45. The fourth-order valence-corrected chi connectivity index (χ4v) is 3.43. The molecule has 0 aromatic heterocycles. The highest BCUT2D eigenvalue weighted by molar-refractivity contribution is 6.04. The van der Waals surface area contributed by atoms with E-state index in [1.165, 1.54) is 10.8 Å². The van der Waals surface area contributed by atoms with E-state index in [2.05, 4.69) is 53.4 Å². The van der Waals surface area contributed by atoms with Crippen molar-refractivity contribution in [3.63, 3.8) is 0 Å². The van der Waals surface area contributed by atoms with Crippen LogP contribution in [0.15, 0.2) is 48.2 Å². The van der Waals surface area contributed by atoms with Crippen LogP contribution in [0.3, 0.4) is 0 Å². The monoisotopic (exact) mass is 263 g/mol. The second-order valence-corrected chi connectivity index (χ2v) is 5.72. The Morgan fingerprint density at radius 3 is 2.55 bits per heavy atom. The first-order valence-corrected chi connectivity index (χ1v) is 7.31. The van der Waals surface area contributed by atoms with Crippen molar-refractivity contribution >= 4 is 22.6 Å². The van der Waals surface area contributed by atoms with Gasteiger partial charge in [0.15, 0.2) is 5.78 Å². The van der Waals surface area contributed by atoms with Crippen molar-refractivity contribution in [3.8, 4) is 0 Å². The molecule has 3 fully saturated rings. The van der Waals surface area contributed by atoms with Gasteiger partial charge in [0.2, 0.25) is 0 Å². The molecule has 3 aliphatic heterocycles. The van der Waals surface area contributed by atoms with Crippen LogP contribution < -0.4 is 0 Å².